The molecule has 3 N–H and O–H groups in total. The molecule has 0 aliphatic rings. The van der Waals surface area contributed by atoms with Gasteiger partial charge in [0.05, 0.1) is 23.4 Å². The van der Waals surface area contributed by atoms with E-state index in [-0.39, 0.29) is 60.0 Å². The maximum absolute atomic E-state index is 13.6. The van der Waals surface area contributed by atoms with Gasteiger partial charge in [-0.2, -0.15) is 0 Å². The van der Waals surface area contributed by atoms with Gasteiger partial charge in [0.2, 0.25) is 0 Å². The molecule has 2 aromatic carbocycles. The van der Waals surface area contributed by atoms with E-state index in [2.05, 4.69) is 15.4 Å². The number of hydrogen-bond acceptors (Lipinski definition) is 5. The predicted molar refractivity (Wildman–Crippen MR) is 116 cm³/mol. The van der Waals surface area contributed by atoms with Crippen LogP contribution in [-0.4, -0.2) is 27.2 Å². The molecule has 0 saturated heterocycles. The average Bonchev–Trinajstić information content (AvgIpc) is 3.20. The molecule has 4 rings (SSSR count). The number of rotatable bonds is 7. The van der Waals surface area contributed by atoms with Gasteiger partial charge >= 0.3 is 0 Å². The summed E-state index contributed by atoms with van der Waals surface area (Å²) < 4.78 is 54.1. The summed E-state index contributed by atoms with van der Waals surface area (Å²) in [5.41, 5.74) is 7.26. The zero-order valence-electron chi connectivity index (χ0n) is 20.6. The monoisotopic (exact) mass is 409 g/mol. The molecule has 0 saturated carbocycles. The fraction of sp³-hybridized carbons (Fsp3) is 0.217. The van der Waals surface area contributed by atoms with Crippen molar-refractivity contribution in [2.75, 3.05) is 11.9 Å². The number of nitrogens with one attached hydrogen (secondary N) is 1. The molecule has 0 aliphatic carbocycles. The first-order valence-electron chi connectivity index (χ1n) is 11.5. The van der Waals surface area contributed by atoms with Crippen molar-refractivity contribution in [1.29, 1.82) is 0 Å². The van der Waals surface area contributed by atoms with Crippen LogP contribution in [0.2, 0.25) is 0 Å². The van der Waals surface area contributed by atoms with Gasteiger partial charge in [-0.25, -0.2) is 13.9 Å². The Morgan fingerprint density at radius 2 is 2.00 bits per heavy atom. The van der Waals surface area contributed by atoms with Crippen molar-refractivity contribution >= 4 is 11.5 Å². The quantitative estimate of drug-likeness (QED) is 0.472. The molecule has 2 heterocycles. The third-order valence-electron chi connectivity index (χ3n) is 4.42. The molecular weight excluding hydrogens is 381 g/mol. The average molecular weight is 410 g/mol. The first kappa shape index (κ1) is 15.4. The summed E-state index contributed by atoms with van der Waals surface area (Å²) in [5.74, 6) is -0.0112. The van der Waals surface area contributed by atoms with Gasteiger partial charge in [0.15, 0.2) is 5.65 Å². The van der Waals surface area contributed by atoms with E-state index in [1.807, 2.05) is 6.92 Å². The summed E-state index contributed by atoms with van der Waals surface area (Å²) in [6.45, 7) is 3.65. The van der Waals surface area contributed by atoms with Crippen LogP contribution in [0.4, 0.5) is 10.2 Å². The maximum Gasteiger partial charge on any atom is 0.154 e. The maximum atomic E-state index is 13.6. The summed E-state index contributed by atoms with van der Waals surface area (Å²) in [5, 5.41) is 7.74. The van der Waals surface area contributed by atoms with Crippen molar-refractivity contribution in [2.24, 2.45) is 5.73 Å². The fourth-order valence-electron chi connectivity index (χ4n) is 2.92. The minimum absolute atomic E-state index is 0.0541. The van der Waals surface area contributed by atoms with Crippen molar-refractivity contribution in [3.05, 3.63) is 78.1 Å². The van der Waals surface area contributed by atoms with Crippen molar-refractivity contribution in [3.8, 4) is 17.0 Å². The van der Waals surface area contributed by atoms with E-state index in [1.54, 1.807) is 31.2 Å². The zero-order valence-corrected chi connectivity index (χ0v) is 16.6. The van der Waals surface area contributed by atoms with Crippen molar-refractivity contribution in [3.63, 3.8) is 0 Å². The smallest absolute Gasteiger partial charge is 0.154 e. The van der Waals surface area contributed by atoms with Crippen LogP contribution >= 0.6 is 0 Å². The first-order valence-corrected chi connectivity index (χ1v) is 9.53. The number of aromatic nitrogens is 3. The first-order chi connectivity index (χ1) is 16.2. The standard InChI is InChI=1S/C23H24FN5O/c1-15(25)14-30-20-8-6-17(7-9-20)21-13-26-23-11-10-22(28-29(21)23)27-16(2)18-4-3-5-19(24)12-18/h3-13,15-16H,14,25H2,1-2H3,(H,27,28)/i6D,7D,8D,9D. The van der Waals surface area contributed by atoms with Gasteiger partial charge < -0.3 is 15.8 Å². The Morgan fingerprint density at radius 3 is 2.73 bits per heavy atom. The van der Waals surface area contributed by atoms with E-state index in [9.17, 15) is 4.39 Å². The topological polar surface area (TPSA) is 77.5 Å². The van der Waals surface area contributed by atoms with Gasteiger partial charge in [-0.3, -0.25) is 0 Å². The molecule has 4 aromatic rings. The highest BCUT2D eigenvalue weighted by atomic mass is 19.1. The predicted octanol–water partition coefficient (Wildman–Crippen LogP) is 4.43. The number of fused-ring (bicyclic) bond motifs is 1. The molecule has 154 valence electrons. The molecule has 6 nitrogen and oxygen atoms in total. The Kier molecular flexibility index (Phi) is 4.37. The lowest BCUT2D eigenvalue weighted by atomic mass is 10.1. The van der Waals surface area contributed by atoms with Crippen LogP contribution in [0, 0.1) is 5.82 Å². The number of imidazole rings is 1. The molecule has 0 spiro atoms. The Morgan fingerprint density at radius 1 is 1.20 bits per heavy atom. The lowest BCUT2D eigenvalue weighted by molar-refractivity contribution is 0.296. The second-order valence-electron chi connectivity index (χ2n) is 7.05. The van der Waals surface area contributed by atoms with Crippen LogP contribution in [0.1, 0.15) is 30.9 Å². The third-order valence-corrected chi connectivity index (χ3v) is 4.42. The number of anilines is 1. The lowest BCUT2D eigenvalue weighted by Crippen LogP contribution is -2.23. The van der Waals surface area contributed by atoms with Crippen LogP contribution in [0.3, 0.4) is 0 Å². The van der Waals surface area contributed by atoms with Crippen LogP contribution in [0.25, 0.3) is 16.9 Å². The van der Waals surface area contributed by atoms with Gasteiger partial charge in [-0.15, -0.1) is 5.10 Å². The molecule has 2 unspecified atom stereocenters. The Bertz CT molecular complexity index is 1330. The molecule has 0 aliphatic heterocycles. The largest absolute Gasteiger partial charge is 0.492 e. The molecule has 2 aromatic heterocycles. The second-order valence-corrected chi connectivity index (χ2v) is 7.05. The summed E-state index contributed by atoms with van der Waals surface area (Å²) in [7, 11) is 0. The molecule has 0 amide bonds. The van der Waals surface area contributed by atoms with E-state index >= 15 is 0 Å². The molecule has 7 heteroatoms. The van der Waals surface area contributed by atoms with Gasteiger partial charge in [-0.1, -0.05) is 12.1 Å². The minimum atomic E-state index is -0.330. The zero-order chi connectivity index (χ0) is 24.6. The highest BCUT2D eigenvalue weighted by Gasteiger charge is 2.11. The van der Waals surface area contributed by atoms with Crippen LogP contribution < -0.4 is 15.8 Å². The van der Waals surface area contributed by atoms with Gasteiger partial charge in [-0.05, 0) is 67.8 Å². The molecule has 0 fully saturated rings. The van der Waals surface area contributed by atoms with Crippen molar-refractivity contribution in [2.45, 2.75) is 25.9 Å². The molecule has 30 heavy (non-hydrogen) atoms. The van der Waals surface area contributed by atoms with Gasteiger partial charge in [0.1, 0.15) is 24.0 Å². The number of benzene rings is 2. The summed E-state index contributed by atoms with van der Waals surface area (Å²) in [4.78, 5) is 4.29. The van der Waals surface area contributed by atoms with Crippen molar-refractivity contribution in [1.82, 2.24) is 14.6 Å². The molecular formula is C23H24FN5O. The molecule has 0 bridgehead atoms. The highest BCUT2D eigenvalue weighted by molar-refractivity contribution is 5.64. The van der Waals surface area contributed by atoms with E-state index in [0.29, 0.717) is 17.2 Å². The Balaban J connectivity index is 1.74. The van der Waals surface area contributed by atoms with Gasteiger partial charge in [0.25, 0.3) is 0 Å². The number of ether oxygens (including phenoxy) is 1. The number of halogens is 1. The summed E-state index contributed by atoms with van der Waals surface area (Å²) in [6.07, 6.45) is 1.45. The summed E-state index contributed by atoms with van der Waals surface area (Å²) in [6, 6.07) is 7.99. The number of nitrogens with zero attached hydrogens (tertiary/aromatic N) is 3. The van der Waals surface area contributed by atoms with Crippen LogP contribution in [-0.2, 0) is 0 Å². The second kappa shape index (κ2) is 8.51. The van der Waals surface area contributed by atoms with Crippen LogP contribution in [0.15, 0.2) is 66.8 Å². The van der Waals surface area contributed by atoms with Crippen LogP contribution in [0.5, 0.6) is 5.75 Å². The summed E-state index contributed by atoms with van der Waals surface area (Å²) >= 11 is 0. The molecule has 0 radical (unpaired) electrons. The normalized spacial score (nSPS) is 15.1. The third kappa shape index (κ3) is 4.41. The highest BCUT2D eigenvalue weighted by Crippen LogP contribution is 2.25. The molecule has 2 atom stereocenters. The van der Waals surface area contributed by atoms with Gasteiger partial charge in [0, 0.05) is 11.6 Å². The number of nitrogens with two attached hydrogens (primary N) is 1. The Hall–Kier alpha value is -3.45. The van der Waals surface area contributed by atoms with E-state index in [0.717, 1.165) is 5.56 Å². The van der Waals surface area contributed by atoms with E-state index < -0.39 is 0 Å². The van der Waals surface area contributed by atoms with Crippen molar-refractivity contribution < 1.29 is 14.6 Å². The SMILES string of the molecule is [2H]c1c([2H])c(-c2cnc3ccc(NC(C)c4cccc(F)c4)nn23)c([2H])c([2H])c1OCC(C)N. The van der Waals surface area contributed by atoms with E-state index in [4.69, 9.17) is 16.0 Å². The lowest BCUT2D eigenvalue weighted by Gasteiger charge is -2.15. The number of hydrogen-bond donors (Lipinski definition) is 2. The fourth-order valence-corrected chi connectivity index (χ4v) is 2.92. The Labute approximate surface area is 180 Å². The van der Waals surface area contributed by atoms with E-state index in [1.165, 1.54) is 22.8 Å². The minimum Gasteiger partial charge on any atom is -0.492 e.